The molecular formula is C18H20O. The van der Waals surface area contributed by atoms with Gasteiger partial charge in [-0.3, -0.25) is 4.79 Å². The van der Waals surface area contributed by atoms with Gasteiger partial charge in [-0.1, -0.05) is 68.8 Å². The minimum absolute atomic E-state index is 0.0317. The van der Waals surface area contributed by atoms with Crippen molar-refractivity contribution in [2.75, 3.05) is 0 Å². The zero-order valence-electron chi connectivity index (χ0n) is 12.0. The predicted octanol–water partition coefficient (Wildman–Crippen LogP) is 4.52. The van der Waals surface area contributed by atoms with Gasteiger partial charge in [-0.15, -0.1) is 0 Å². The molecule has 0 bridgehead atoms. The summed E-state index contributed by atoms with van der Waals surface area (Å²) in [4.78, 5) is 12.7. The molecule has 0 saturated carbocycles. The van der Waals surface area contributed by atoms with E-state index in [9.17, 15) is 4.79 Å². The van der Waals surface area contributed by atoms with Crippen LogP contribution in [-0.2, 0) is 5.41 Å². The summed E-state index contributed by atoms with van der Waals surface area (Å²) in [6.07, 6.45) is 0. The number of hydrogen-bond donors (Lipinski definition) is 0. The lowest BCUT2D eigenvalue weighted by Crippen LogP contribution is -2.17. The Morgan fingerprint density at radius 3 is 2.26 bits per heavy atom. The van der Waals surface area contributed by atoms with Crippen molar-refractivity contribution in [2.24, 2.45) is 0 Å². The lowest BCUT2D eigenvalue weighted by molar-refractivity contribution is 0.103. The largest absolute Gasteiger partial charge is 0.289 e. The summed E-state index contributed by atoms with van der Waals surface area (Å²) in [5.41, 5.74) is 3.74. The number of ketones is 1. The second-order valence-electron chi connectivity index (χ2n) is 5.99. The van der Waals surface area contributed by atoms with E-state index in [1.54, 1.807) is 0 Å². The Hall–Kier alpha value is -1.89. The molecule has 0 amide bonds. The van der Waals surface area contributed by atoms with Crippen LogP contribution in [-0.4, -0.2) is 5.78 Å². The van der Waals surface area contributed by atoms with E-state index in [0.29, 0.717) is 0 Å². The van der Waals surface area contributed by atoms with Crippen molar-refractivity contribution in [3.63, 3.8) is 0 Å². The summed E-state index contributed by atoms with van der Waals surface area (Å²) in [6.45, 7) is 8.41. The predicted molar refractivity (Wildman–Crippen MR) is 79.8 cm³/mol. The molecule has 0 N–H and O–H groups in total. The summed E-state index contributed by atoms with van der Waals surface area (Å²) >= 11 is 0. The summed E-state index contributed by atoms with van der Waals surface area (Å²) in [7, 11) is 0. The van der Waals surface area contributed by atoms with Crippen LogP contribution in [0.4, 0.5) is 0 Å². The third-order valence-electron chi connectivity index (χ3n) is 3.26. The van der Waals surface area contributed by atoms with Gasteiger partial charge in [-0.2, -0.15) is 0 Å². The fraction of sp³-hybridized carbons (Fsp3) is 0.278. The number of rotatable bonds is 2. The van der Waals surface area contributed by atoms with Crippen LogP contribution in [0.5, 0.6) is 0 Å². The Bertz CT molecular complexity index is 603. The fourth-order valence-corrected chi connectivity index (χ4v) is 2.28. The van der Waals surface area contributed by atoms with Crippen LogP contribution < -0.4 is 0 Å². The topological polar surface area (TPSA) is 17.1 Å². The van der Waals surface area contributed by atoms with Crippen LogP contribution in [0.2, 0.25) is 0 Å². The van der Waals surface area contributed by atoms with E-state index in [0.717, 1.165) is 22.3 Å². The molecule has 0 heterocycles. The zero-order chi connectivity index (χ0) is 14.0. The summed E-state index contributed by atoms with van der Waals surface area (Å²) in [5, 5.41) is 0. The van der Waals surface area contributed by atoms with Crippen molar-refractivity contribution in [3.05, 3.63) is 70.8 Å². The maximum atomic E-state index is 12.7. The van der Waals surface area contributed by atoms with Gasteiger partial charge in [0.05, 0.1) is 0 Å². The molecule has 2 aromatic carbocycles. The maximum Gasteiger partial charge on any atom is 0.193 e. The van der Waals surface area contributed by atoms with Gasteiger partial charge < -0.3 is 0 Å². The second kappa shape index (κ2) is 5.00. The van der Waals surface area contributed by atoms with Gasteiger partial charge in [0.2, 0.25) is 0 Å². The molecule has 0 aliphatic carbocycles. The SMILES string of the molecule is Cc1cccc(C(=O)c2ccccc2C(C)(C)C)c1. The van der Waals surface area contributed by atoms with Crippen LogP contribution in [0.25, 0.3) is 0 Å². The molecule has 0 aliphatic rings. The van der Waals surface area contributed by atoms with Crippen LogP contribution in [0.15, 0.2) is 48.5 Å². The molecule has 0 aliphatic heterocycles. The first-order valence-electron chi connectivity index (χ1n) is 6.60. The summed E-state index contributed by atoms with van der Waals surface area (Å²) < 4.78 is 0. The molecule has 0 radical (unpaired) electrons. The fourth-order valence-electron chi connectivity index (χ4n) is 2.28. The second-order valence-corrected chi connectivity index (χ2v) is 5.99. The Morgan fingerprint density at radius 1 is 0.947 bits per heavy atom. The van der Waals surface area contributed by atoms with Gasteiger partial charge in [0.25, 0.3) is 0 Å². The molecule has 1 heteroatoms. The molecule has 0 aromatic heterocycles. The lowest BCUT2D eigenvalue weighted by atomic mass is 9.82. The van der Waals surface area contributed by atoms with Crippen molar-refractivity contribution in [3.8, 4) is 0 Å². The van der Waals surface area contributed by atoms with Crippen LogP contribution in [0.3, 0.4) is 0 Å². The first-order valence-corrected chi connectivity index (χ1v) is 6.60. The van der Waals surface area contributed by atoms with Crippen molar-refractivity contribution in [1.82, 2.24) is 0 Å². The highest BCUT2D eigenvalue weighted by Gasteiger charge is 2.21. The van der Waals surface area contributed by atoms with Crippen LogP contribution in [0, 0.1) is 6.92 Å². The van der Waals surface area contributed by atoms with Gasteiger partial charge in [-0.25, -0.2) is 0 Å². The Morgan fingerprint density at radius 2 is 1.63 bits per heavy atom. The molecular weight excluding hydrogens is 232 g/mol. The average molecular weight is 252 g/mol. The highest BCUT2D eigenvalue weighted by molar-refractivity contribution is 6.10. The molecule has 19 heavy (non-hydrogen) atoms. The number of benzene rings is 2. The third-order valence-corrected chi connectivity index (χ3v) is 3.26. The van der Waals surface area contributed by atoms with E-state index in [2.05, 4.69) is 20.8 Å². The van der Waals surface area contributed by atoms with E-state index in [-0.39, 0.29) is 11.2 Å². The standard InChI is InChI=1S/C18H20O/c1-13-8-7-9-14(12-13)17(19)15-10-5-6-11-16(15)18(2,3)4/h5-12H,1-4H3. The minimum atomic E-state index is -0.0317. The van der Waals surface area contributed by atoms with Crippen LogP contribution in [0.1, 0.15) is 47.8 Å². The molecule has 0 spiro atoms. The van der Waals surface area contributed by atoms with Gasteiger partial charge in [0, 0.05) is 11.1 Å². The average Bonchev–Trinajstić information content (AvgIpc) is 2.37. The van der Waals surface area contributed by atoms with E-state index in [4.69, 9.17) is 0 Å². The minimum Gasteiger partial charge on any atom is -0.289 e. The number of carbonyl (C=O) groups excluding carboxylic acids is 1. The number of hydrogen-bond acceptors (Lipinski definition) is 1. The highest BCUT2D eigenvalue weighted by Crippen LogP contribution is 2.27. The zero-order valence-corrected chi connectivity index (χ0v) is 12.0. The van der Waals surface area contributed by atoms with E-state index in [1.165, 1.54) is 0 Å². The van der Waals surface area contributed by atoms with Crippen molar-refractivity contribution in [2.45, 2.75) is 33.1 Å². The van der Waals surface area contributed by atoms with Crippen LogP contribution >= 0.6 is 0 Å². The molecule has 98 valence electrons. The van der Waals surface area contributed by atoms with Crippen molar-refractivity contribution in [1.29, 1.82) is 0 Å². The molecule has 2 rings (SSSR count). The van der Waals surface area contributed by atoms with E-state index in [1.807, 2.05) is 55.5 Å². The van der Waals surface area contributed by atoms with Crippen molar-refractivity contribution >= 4 is 5.78 Å². The van der Waals surface area contributed by atoms with E-state index >= 15 is 0 Å². The van der Waals surface area contributed by atoms with Gasteiger partial charge in [0.1, 0.15) is 0 Å². The molecule has 0 fully saturated rings. The third kappa shape index (κ3) is 2.93. The van der Waals surface area contributed by atoms with Gasteiger partial charge in [0.15, 0.2) is 5.78 Å². The number of aryl methyl sites for hydroxylation is 1. The smallest absolute Gasteiger partial charge is 0.193 e. The maximum absolute atomic E-state index is 12.7. The van der Waals surface area contributed by atoms with Crippen molar-refractivity contribution < 1.29 is 4.79 Å². The first kappa shape index (κ1) is 13.5. The monoisotopic (exact) mass is 252 g/mol. The lowest BCUT2D eigenvalue weighted by Gasteiger charge is -2.22. The molecule has 0 atom stereocenters. The summed E-state index contributed by atoms with van der Waals surface area (Å²) in [5.74, 6) is 0.106. The Balaban J connectivity index is 2.51. The highest BCUT2D eigenvalue weighted by atomic mass is 16.1. The van der Waals surface area contributed by atoms with E-state index < -0.39 is 0 Å². The first-order chi connectivity index (χ1) is 8.89. The molecule has 1 nitrogen and oxygen atoms in total. The van der Waals surface area contributed by atoms with Gasteiger partial charge in [-0.05, 0) is 24.0 Å². The number of carbonyl (C=O) groups is 1. The molecule has 2 aromatic rings. The summed E-state index contributed by atoms with van der Waals surface area (Å²) in [6, 6.07) is 15.7. The van der Waals surface area contributed by atoms with Gasteiger partial charge >= 0.3 is 0 Å². The quantitative estimate of drug-likeness (QED) is 0.718. The normalized spacial score (nSPS) is 11.4. The Labute approximate surface area is 115 Å². The molecule has 0 unspecified atom stereocenters. The molecule has 0 saturated heterocycles. The Kier molecular flexibility index (Phi) is 3.57.